The van der Waals surface area contributed by atoms with Crippen LogP contribution in [0.5, 0.6) is 0 Å². The summed E-state index contributed by atoms with van der Waals surface area (Å²) in [6, 6.07) is 3.34. The highest BCUT2D eigenvalue weighted by molar-refractivity contribution is 7.99. The SMILES string of the molecule is CSCC(=O)N1CCCC(CNC(=O)c2ccco2)C1. The molecule has 110 valence electrons. The molecule has 2 heterocycles. The van der Waals surface area contributed by atoms with Crippen LogP contribution in [0.25, 0.3) is 0 Å². The van der Waals surface area contributed by atoms with Gasteiger partial charge < -0.3 is 14.6 Å². The van der Waals surface area contributed by atoms with Crippen LogP contribution in [0.3, 0.4) is 0 Å². The van der Waals surface area contributed by atoms with E-state index < -0.39 is 0 Å². The molecule has 0 spiro atoms. The Morgan fingerprint density at radius 1 is 1.55 bits per heavy atom. The van der Waals surface area contributed by atoms with Crippen molar-refractivity contribution in [3.8, 4) is 0 Å². The highest BCUT2D eigenvalue weighted by Gasteiger charge is 2.23. The number of carbonyl (C=O) groups excluding carboxylic acids is 2. The summed E-state index contributed by atoms with van der Waals surface area (Å²) >= 11 is 1.55. The Morgan fingerprint density at radius 2 is 2.40 bits per heavy atom. The van der Waals surface area contributed by atoms with Gasteiger partial charge >= 0.3 is 0 Å². The largest absolute Gasteiger partial charge is 0.459 e. The van der Waals surface area contributed by atoms with E-state index in [4.69, 9.17) is 4.42 Å². The smallest absolute Gasteiger partial charge is 0.286 e. The molecule has 20 heavy (non-hydrogen) atoms. The van der Waals surface area contributed by atoms with Crippen molar-refractivity contribution >= 4 is 23.6 Å². The van der Waals surface area contributed by atoms with Gasteiger partial charge in [-0.2, -0.15) is 11.8 Å². The minimum Gasteiger partial charge on any atom is -0.459 e. The van der Waals surface area contributed by atoms with E-state index >= 15 is 0 Å². The van der Waals surface area contributed by atoms with Crippen LogP contribution in [-0.2, 0) is 4.79 Å². The van der Waals surface area contributed by atoms with Gasteiger partial charge in [0.25, 0.3) is 5.91 Å². The van der Waals surface area contributed by atoms with E-state index in [9.17, 15) is 9.59 Å². The van der Waals surface area contributed by atoms with E-state index in [1.54, 1.807) is 23.9 Å². The fourth-order valence-electron chi connectivity index (χ4n) is 2.40. The lowest BCUT2D eigenvalue weighted by atomic mass is 9.98. The Labute approximate surface area is 123 Å². The van der Waals surface area contributed by atoms with Gasteiger partial charge in [0.2, 0.25) is 5.91 Å². The molecule has 6 heteroatoms. The van der Waals surface area contributed by atoms with Crippen LogP contribution >= 0.6 is 11.8 Å². The van der Waals surface area contributed by atoms with Crippen LogP contribution in [0.2, 0.25) is 0 Å². The first-order valence-corrected chi connectivity index (χ1v) is 8.18. The highest BCUT2D eigenvalue weighted by atomic mass is 32.2. The van der Waals surface area contributed by atoms with Gasteiger partial charge in [-0.05, 0) is 37.1 Å². The Morgan fingerprint density at radius 3 is 3.10 bits per heavy atom. The predicted octanol–water partition coefficient (Wildman–Crippen LogP) is 1.61. The van der Waals surface area contributed by atoms with Crippen LogP contribution < -0.4 is 5.32 Å². The molecule has 1 fully saturated rings. The van der Waals surface area contributed by atoms with Crippen molar-refractivity contribution in [2.75, 3.05) is 31.6 Å². The van der Waals surface area contributed by atoms with E-state index in [1.807, 2.05) is 11.2 Å². The first-order valence-electron chi connectivity index (χ1n) is 6.79. The Hall–Kier alpha value is -1.43. The fourth-order valence-corrected chi connectivity index (χ4v) is 2.83. The average molecular weight is 296 g/mol. The van der Waals surface area contributed by atoms with Gasteiger partial charge in [-0.1, -0.05) is 0 Å². The zero-order valence-corrected chi connectivity index (χ0v) is 12.4. The number of rotatable bonds is 5. The maximum Gasteiger partial charge on any atom is 0.286 e. The number of furan rings is 1. The van der Waals surface area contributed by atoms with Crippen LogP contribution in [0, 0.1) is 5.92 Å². The lowest BCUT2D eigenvalue weighted by Gasteiger charge is -2.32. The number of carbonyl (C=O) groups is 2. The standard InChI is InChI=1S/C14H20N2O3S/c1-20-10-13(17)16-6-2-4-11(9-16)8-15-14(18)12-5-3-7-19-12/h3,5,7,11H,2,4,6,8-10H2,1H3,(H,15,18). The number of nitrogens with one attached hydrogen (secondary N) is 1. The second-order valence-electron chi connectivity index (χ2n) is 4.97. The third kappa shape index (κ3) is 4.03. The summed E-state index contributed by atoms with van der Waals surface area (Å²) < 4.78 is 5.05. The number of piperidine rings is 1. The highest BCUT2D eigenvalue weighted by Crippen LogP contribution is 2.16. The van der Waals surface area contributed by atoms with E-state index in [0.29, 0.717) is 24.0 Å². The topological polar surface area (TPSA) is 62.6 Å². The number of hydrogen-bond acceptors (Lipinski definition) is 4. The van der Waals surface area contributed by atoms with Crippen LogP contribution in [0.15, 0.2) is 22.8 Å². The van der Waals surface area contributed by atoms with Crippen LogP contribution in [-0.4, -0.2) is 48.4 Å². The Balaban J connectivity index is 1.78. The first-order chi connectivity index (χ1) is 9.70. The molecule has 1 N–H and O–H groups in total. The van der Waals surface area contributed by atoms with Crippen molar-refractivity contribution in [3.05, 3.63) is 24.2 Å². The molecule has 1 saturated heterocycles. The van der Waals surface area contributed by atoms with Crippen molar-refractivity contribution in [2.24, 2.45) is 5.92 Å². The van der Waals surface area contributed by atoms with Crippen molar-refractivity contribution < 1.29 is 14.0 Å². The summed E-state index contributed by atoms with van der Waals surface area (Å²) in [6.45, 7) is 2.16. The number of nitrogens with zero attached hydrogens (tertiary/aromatic N) is 1. The minimum atomic E-state index is -0.192. The Kier molecular flexibility index (Phi) is 5.52. The van der Waals surface area contributed by atoms with Crippen molar-refractivity contribution in [2.45, 2.75) is 12.8 Å². The summed E-state index contributed by atoms with van der Waals surface area (Å²) in [5.74, 6) is 1.19. The average Bonchev–Trinajstić information content (AvgIpc) is 2.99. The van der Waals surface area contributed by atoms with Crippen molar-refractivity contribution in [3.63, 3.8) is 0 Å². The third-order valence-electron chi connectivity index (χ3n) is 3.44. The second-order valence-corrected chi connectivity index (χ2v) is 5.83. The molecule has 2 amide bonds. The monoisotopic (exact) mass is 296 g/mol. The molecular formula is C14H20N2O3S. The zero-order chi connectivity index (χ0) is 14.4. The molecule has 0 aliphatic carbocycles. The fraction of sp³-hybridized carbons (Fsp3) is 0.571. The molecule has 1 atom stereocenters. The lowest BCUT2D eigenvalue weighted by molar-refractivity contribution is -0.130. The van der Waals surface area contributed by atoms with E-state index in [0.717, 1.165) is 25.9 Å². The number of amides is 2. The summed E-state index contributed by atoms with van der Waals surface area (Å²) in [5.41, 5.74) is 0. The van der Waals surface area contributed by atoms with Gasteiger partial charge in [0.05, 0.1) is 12.0 Å². The minimum absolute atomic E-state index is 0.192. The van der Waals surface area contributed by atoms with Gasteiger partial charge in [-0.3, -0.25) is 9.59 Å². The normalized spacial score (nSPS) is 18.9. The molecule has 0 aromatic carbocycles. The van der Waals surface area contributed by atoms with E-state index in [-0.39, 0.29) is 11.8 Å². The van der Waals surface area contributed by atoms with Gasteiger partial charge in [-0.15, -0.1) is 0 Å². The summed E-state index contributed by atoms with van der Waals surface area (Å²) in [7, 11) is 0. The third-order valence-corrected chi connectivity index (χ3v) is 3.97. The molecule has 1 aliphatic heterocycles. The zero-order valence-electron chi connectivity index (χ0n) is 11.6. The summed E-state index contributed by atoms with van der Waals surface area (Å²) in [4.78, 5) is 25.6. The van der Waals surface area contributed by atoms with Crippen LogP contribution in [0.1, 0.15) is 23.4 Å². The molecule has 0 radical (unpaired) electrons. The first kappa shape index (κ1) is 15.0. The molecule has 1 unspecified atom stereocenters. The predicted molar refractivity (Wildman–Crippen MR) is 78.7 cm³/mol. The molecule has 1 aromatic heterocycles. The van der Waals surface area contributed by atoms with Crippen molar-refractivity contribution in [1.82, 2.24) is 10.2 Å². The van der Waals surface area contributed by atoms with Gasteiger partial charge in [0.15, 0.2) is 5.76 Å². The molecule has 0 saturated carbocycles. The van der Waals surface area contributed by atoms with Gasteiger partial charge in [-0.25, -0.2) is 0 Å². The van der Waals surface area contributed by atoms with Gasteiger partial charge in [0, 0.05) is 19.6 Å². The quantitative estimate of drug-likeness (QED) is 0.896. The number of hydrogen-bond donors (Lipinski definition) is 1. The molecule has 1 aliphatic rings. The van der Waals surface area contributed by atoms with E-state index in [2.05, 4.69) is 5.32 Å². The maximum atomic E-state index is 11.9. The Bertz CT molecular complexity index is 447. The van der Waals surface area contributed by atoms with Gasteiger partial charge in [0.1, 0.15) is 0 Å². The molecule has 2 rings (SSSR count). The summed E-state index contributed by atoms with van der Waals surface area (Å²) in [5, 5.41) is 2.87. The molecular weight excluding hydrogens is 276 g/mol. The van der Waals surface area contributed by atoms with E-state index in [1.165, 1.54) is 6.26 Å². The lowest BCUT2D eigenvalue weighted by Crippen LogP contribution is -2.44. The van der Waals surface area contributed by atoms with Crippen molar-refractivity contribution in [1.29, 1.82) is 0 Å². The molecule has 0 bridgehead atoms. The van der Waals surface area contributed by atoms with Crippen LogP contribution in [0.4, 0.5) is 0 Å². The molecule has 5 nitrogen and oxygen atoms in total. The number of thioether (sulfide) groups is 1. The second kappa shape index (κ2) is 7.38. The number of likely N-dealkylation sites (tertiary alicyclic amines) is 1. The summed E-state index contributed by atoms with van der Waals surface area (Å²) in [6.07, 6.45) is 5.46. The molecule has 1 aromatic rings. The maximum absolute atomic E-state index is 11.9.